The van der Waals surface area contributed by atoms with Gasteiger partial charge in [0, 0.05) is 0 Å². The van der Waals surface area contributed by atoms with E-state index >= 15 is 0 Å². The molecule has 5 nitrogen and oxygen atoms in total. The first-order chi connectivity index (χ1) is 7.97. The first-order valence-corrected chi connectivity index (χ1v) is 5.83. The number of hydrogen-bond acceptors (Lipinski definition) is 5. The topological polar surface area (TPSA) is 69.1 Å². The van der Waals surface area contributed by atoms with Gasteiger partial charge in [-0.05, 0) is 18.8 Å². The van der Waals surface area contributed by atoms with Crippen LogP contribution in [0.1, 0.15) is 29.7 Å². The number of alkyl halides is 3. The lowest BCUT2D eigenvalue weighted by atomic mass is 10.2. The van der Waals surface area contributed by atoms with Crippen LogP contribution >= 0.6 is 11.3 Å². The second-order valence-electron chi connectivity index (χ2n) is 4.02. The fourth-order valence-electron chi connectivity index (χ4n) is 1.60. The molecule has 1 unspecified atom stereocenters. The van der Waals surface area contributed by atoms with Crippen LogP contribution in [0.15, 0.2) is 0 Å². The Hall–Kier alpha value is -1.22. The van der Waals surface area contributed by atoms with E-state index in [0.29, 0.717) is 10.9 Å². The molecule has 0 bridgehead atoms. The Morgan fingerprint density at radius 1 is 1.35 bits per heavy atom. The maximum absolute atomic E-state index is 12.5. The maximum Gasteiger partial charge on any atom is 0.453 e. The molecular formula is C8H8F3N5S. The minimum atomic E-state index is -4.55. The van der Waals surface area contributed by atoms with Gasteiger partial charge in [-0.15, -0.1) is 10.2 Å². The Balaban J connectivity index is 2.04. The van der Waals surface area contributed by atoms with Gasteiger partial charge in [0.2, 0.25) is 4.96 Å². The predicted octanol–water partition coefficient (Wildman–Crippen LogP) is 1.61. The van der Waals surface area contributed by atoms with Crippen molar-refractivity contribution < 1.29 is 13.2 Å². The van der Waals surface area contributed by atoms with E-state index < -0.39 is 12.0 Å². The standard InChI is InChI=1S/C8H8F3N5S/c9-8(10,11)6-13-14-7-16(6)15-5(17-7)4(12)3-1-2-3/h3-4H,1-2,12H2. The summed E-state index contributed by atoms with van der Waals surface area (Å²) in [5.41, 5.74) is 5.89. The summed E-state index contributed by atoms with van der Waals surface area (Å²) in [6.07, 6.45) is -2.53. The largest absolute Gasteiger partial charge is 0.453 e. The second-order valence-corrected chi connectivity index (χ2v) is 5.01. The summed E-state index contributed by atoms with van der Waals surface area (Å²) in [6, 6.07) is -0.289. The molecule has 0 radical (unpaired) electrons. The van der Waals surface area contributed by atoms with Crippen LogP contribution in [-0.2, 0) is 6.18 Å². The summed E-state index contributed by atoms with van der Waals surface area (Å²) in [6.45, 7) is 0. The number of aromatic nitrogens is 4. The maximum atomic E-state index is 12.5. The SMILES string of the molecule is NC(c1nn2c(C(F)(F)F)nnc2s1)C1CC1. The highest BCUT2D eigenvalue weighted by atomic mass is 32.1. The molecule has 2 N–H and O–H groups in total. The van der Waals surface area contributed by atoms with Gasteiger partial charge in [-0.25, -0.2) is 0 Å². The average molecular weight is 263 g/mol. The molecule has 0 aromatic carbocycles. The number of nitrogens with two attached hydrogens (primary N) is 1. The van der Waals surface area contributed by atoms with E-state index in [2.05, 4.69) is 15.3 Å². The Morgan fingerprint density at radius 3 is 2.65 bits per heavy atom. The van der Waals surface area contributed by atoms with E-state index in [1.807, 2.05) is 0 Å². The van der Waals surface area contributed by atoms with Gasteiger partial charge in [-0.1, -0.05) is 11.3 Å². The number of rotatable bonds is 2. The quantitative estimate of drug-likeness (QED) is 0.893. The minimum Gasteiger partial charge on any atom is -0.322 e. The molecule has 9 heteroatoms. The average Bonchev–Trinajstić information content (AvgIpc) is 2.85. The Morgan fingerprint density at radius 2 is 2.06 bits per heavy atom. The predicted molar refractivity (Wildman–Crippen MR) is 53.3 cm³/mol. The summed E-state index contributed by atoms with van der Waals surface area (Å²) in [5.74, 6) is -0.758. The molecule has 2 heterocycles. The van der Waals surface area contributed by atoms with Crippen molar-refractivity contribution in [3.05, 3.63) is 10.8 Å². The van der Waals surface area contributed by atoms with Crippen LogP contribution in [0.2, 0.25) is 0 Å². The third-order valence-electron chi connectivity index (χ3n) is 2.68. The van der Waals surface area contributed by atoms with E-state index in [9.17, 15) is 13.2 Å². The minimum absolute atomic E-state index is 0.128. The van der Waals surface area contributed by atoms with Crippen molar-refractivity contribution in [2.45, 2.75) is 25.1 Å². The first kappa shape index (κ1) is 10.9. The number of nitrogens with zero attached hydrogens (tertiary/aromatic N) is 4. The van der Waals surface area contributed by atoms with Crippen molar-refractivity contribution in [3.8, 4) is 0 Å². The molecule has 2 aromatic rings. The molecule has 0 spiro atoms. The number of hydrogen-bond donors (Lipinski definition) is 1. The van der Waals surface area contributed by atoms with Crippen LogP contribution in [0, 0.1) is 5.92 Å². The van der Waals surface area contributed by atoms with Crippen molar-refractivity contribution in [3.63, 3.8) is 0 Å². The van der Waals surface area contributed by atoms with E-state index in [4.69, 9.17) is 5.73 Å². The smallest absolute Gasteiger partial charge is 0.322 e. The molecule has 3 rings (SSSR count). The molecule has 1 saturated carbocycles. The van der Waals surface area contributed by atoms with E-state index in [-0.39, 0.29) is 11.0 Å². The first-order valence-electron chi connectivity index (χ1n) is 5.02. The molecule has 0 aliphatic heterocycles. The van der Waals surface area contributed by atoms with Crippen LogP contribution in [0.5, 0.6) is 0 Å². The van der Waals surface area contributed by atoms with Gasteiger partial charge < -0.3 is 5.73 Å². The molecule has 0 amide bonds. The van der Waals surface area contributed by atoms with Gasteiger partial charge in [-0.3, -0.25) is 0 Å². The Bertz CT molecular complexity index is 555. The summed E-state index contributed by atoms with van der Waals surface area (Å²) < 4.78 is 38.4. The van der Waals surface area contributed by atoms with Crippen LogP contribution < -0.4 is 5.73 Å². The molecule has 1 atom stereocenters. The lowest BCUT2D eigenvalue weighted by Crippen LogP contribution is -2.15. The highest BCUT2D eigenvalue weighted by Crippen LogP contribution is 2.40. The Labute approximate surface area is 97.4 Å². The fourth-order valence-corrected chi connectivity index (χ4v) is 2.53. The van der Waals surface area contributed by atoms with Crippen LogP contribution in [0.3, 0.4) is 0 Å². The van der Waals surface area contributed by atoms with Gasteiger partial charge >= 0.3 is 6.18 Å². The van der Waals surface area contributed by atoms with Gasteiger partial charge in [0.05, 0.1) is 6.04 Å². The summed E-state index contributed by atoms with van der Waals surface area (Å²) in [7, 11) is 0. The molecular weight excluding hydrogens is 255 g/mol. The number of fused-ring (bicyclic) bond motifs is 1. The molecule has 17 heavy (non-hydrogen) atoms. The monoisotopic (exact) mass is 263 g/mol. The third kappa shape index (κ3) is 1.78. The summed E-state index contributed by atoms with van der Waals surface area (Å²) >= 11 is 1.06. The molecule has 92 valence electrons. The summed E-state index contributed by atoms with van der Waals surface area (Å²) in [5, 5.41) is 10.9. The lowest BCUT2D eigenvalue weighted by Gasteiger charge is -2.04. The van der Waals surface area contributed by atoms with E-state index in [1.165, 1.54) is 0 Å². The van der Waals surface area contributed by atoms with Crippen LogP contribution in [-0.4, -0.2) is 19.8 Å². The zero-order valence-electron chi connectivity index (χ0n) is 8.48. The van der Waals surface area contributed by atoms with Gasteiger partial charge in [0.1, 0.15) is 5.01 Å². The van der Waals surface area contributed by atoms with Crippen molar-refractivity contribution in [1.82, 2.24) is 19.8 Å². The number of halogens is 3. The van der Waals surface area contributed by atoms with Crippen LogP contribution in [0.4, 0.5) is 13.2 Å². The van der Waals surface area contributed by atoms with Crippen molar-refractivity contribution in [2.24, 2.45) is 11.7 Å². The van der Waals surface area contributed by atoms with E-state index in [1.54, 1.807) is 0 Å². The molecule has 2 aromatic heterocycles. The van der Waals surface area contributed by atoms with Gasteiger partial charge in [-0.2, -0.15) is 22.8 Å². The van der Waals surface area contributed by atoms with Crippen molar-refractivity contribution in [1.29, 1.82) is 0 Å². The lowest BCUT2D eigenvalue weighted by molar-refractivity contribution is -0.146. The zero-order chi connectivity index (χ0) is 12.2. The highest BCUT2D eigenvalue weighted by molar-refractivity contribution is 7.16. The van der Waals surface area contributed by atoms with Gasteiger partial charge in [0.15, 0.2) is 0 Å². The summed E-state index contributed by atoms with van der Waals surface area (Å²) in [4.78, 5) is 0.128. The molecule has 1 aliphatic carbocycles. The van der Waals surface area contributed by atoms with Crippen molar-refractivity contribution in [2.75, 3.05) is 0 Å². The molecule has 0 saturated heterocycles. The van der Waals surface area contributed by atoms with E-state index in [0.717, 1.165) is 28.7 Å². The Kier molecular flexibility index (Phi) is 2.17. The molecule has 1 aliphatic rings. The fraction of sp³-hybridized carbons (Fsp3) is 0.625. The van der Waals surface area contributed by atoms with Crippen molar-refractivity contribution >= 4 is 16.3 Å². The zero-order valence-corrected chi connectivity index (χ0v) is 9.29. The van der Waals surface area contributed by atoms with Gasteiger partial charge in [0.25, 0.3) is 5.82 Å². The molecule has 1 fully saturated rings. The van der Waals surface area contributed by atoms with Crippen LogP contribution in [0.25, 0.3) is 4.96 Å². The second kappa shape index (κ2) is 3.39. The normalized spacial score (nSPS) is 18.8. The highest BCUT2D eigenvalue weighted by Gasteiger charge is 2.39. The third-order valence-corrected chi connectivity index (χ3v) is 3.68.